The van der Waals surface area contributed by atoms with Crippen molar-refractivity contribution in [3.05, 3.63) is 83.9 Å². The molecule has 5 rings (SSSR count). The van der Waals surface area contributed by atoms with Crippen LogP contribution in [0.2, 0.25) is 5.02 Å². The van der Waals surface area contributed by atoms with Crippen LogP contribution in [0.25, 0.3) is 17.1 Å². The van der Waals surface area contributed by atoms with Gasteiger partial charge < -0.3 is 10.2 Å². The maximum atomic E-state index is 13.1. The molecular weight excluding hydrogens is 458 g/mol. The van der Waals surface area contributed by atoms with Gasteiger partial charge >= 0.3 is 0 Å². The average Bonchev–Trinajstić information content (AvgIpc) is 3.27. The van der Waals surface area contributed by atoms with Crippen molar-refractivity contribution < 1.29 is 9.59 Å². The Labute approximate surface area is 199 Å². The van der Waals surface area contributed by atoms with E-state index in [1.54, 1.807) is 18.2 Å². The topological polar surface area (TPSA) is 80.1 Å². The molecule has 2 heterocycles. The zero-order valence-electron chi connectivity index (χ0n) is 17.3. The van der Waals surface area contributed by atoms with E-state index < -0.39 is 0 Å². The molecule has 0 bridgehead atoms. The Bertz CT molecular complexity index is 1320. The smallest absolute Gasteiger partial charge is 0.244 e. The van der Waals surface area contributed by atoms with Gasteiger partial charge in [-0.25, -0.2) is 0 Å². The van der Waals surface area contributed by atoms with Crippen LogP contribution in [-0.4, -0.2) is 38.9 Å². The fourth-order valence-electron chi connectivity index (χ4n) is 3.62. The van der Waals surface area contributed by atoms with Crippen LogP contribution in [0.5, 0.6) is 0 Å². The summed E-state index contributed by atoms with van der Waals surface area (Å²) in [5.74, 6) is 0.356. The van der Waals surface area contributed by atoms with Crippen molar-refractivity contribution in [1.29, 1.82) is 0 Å². The summed E-state index contributed by atoms with van der Waals surface area (Å²) in [6.45, 7) is -0.0183. The molecule has 1 aromatic heterocycles. The number of rotatable bonds is 5. The van der Waals surface area contributed by atoms with E-state index >= 15 is 0 Å². The summed E-state index contributed by atoms with van der Waals surface area (Å²) in [5.41, 5.74) is 3.05. The molecule has 0 unspecified atom stereocenters. The summed E-state index contributed by atoms with van der Waals surface area (Å²) in [5, 5.41) is 12.7. The first-order valence-corrected chi connectivity index (χ1v) is 11.6. The Kier molecular flexibility index (Phi) is 5.85. The maximum Gasteiger partial charge on any atom is 0.244 e. The van der Waals surface area contributed by atoms with Crippen LogP contribution < -0.4 is 10.2 Å². The third kappa shape index (κ3) is 4.35. The summed E-state index contributed by atoms with van der Waals surface area (Å²) in [6.07, 6.45) is 0. The van der Waals surface area contributed by atoms with E-state index in [-0.39, 0.29) is 24.1 Å². The zero-order chi connectivity index (χ0) is 22.8. The molecule has 4 aromatic rings. The highest BCUT2D eigenvalue weighted by Gasteiger charge is 2.27. The zero-order valence-corrected chi connectivity index (χ0v) is 18.9. The van der Waals surface area contributed by atoms with Crippen molar-refractivity contribution >= 4 is 46.6 Å². The highest BCUT2D eigenvalue weighted by Crippen LogP contribution is 2.32. The number of halogens is 1. The number of nitrogens with zero attached hydrogens (tertiary/aromatic N) is 4. The number of thioether (sulfide) groups is 1. The van der Waals surface area contributed by atoms with E-state index in [4.69, 9.17) is 11.6 Å². The molecule has 1 N–H and O–H groups in total. The van der Waals surface area contributed by atoms with Crippen LogP contribution in [0.4, 0.5) is 11.4 Å². The monoisotopic (exact) mass is 475 g/mol. The minimum absolute atomic E-state index is 0.0183. The Morgan fingerprint density at radius 2 is 1.70 bits per heavy atom. The molecule has 1 aliphatic heterocycles. The molecule has 7 nitrogen and oxygen atoms in total. The molecule has 0 atom stereocenters. The molecule has 3 aromatic carbocycles. The van der Waals surface area contributed by atoms with E-state index in [9.17, 15) is 9.59 Å². The third-order valence-electron chi connectivity index (χ3n) is 5.15. The number of carbonyl (C=O) groups excluding carboxylic acids is 2. The number of aromatic nitrogens is 3. The average molecular weight is 476 g/mol. The number of anilines is 2. The lowest BCUT2D eigenvalue weighted by Gasteiger charge is -2.29. The quantitative estimate of drug-likeness (QED) is 0.424. The lowest BCUT2D eigenvalue weighted by Crippen LogP contribution is -2.43. The molecule has 0 saturated heterocycles. The maximum absolute atomic E-state index is 13.1. The third-order valence-corrected chi connectivity index (χ3v) is 6.31. The number of benzene rings is 3. The fourth-order valence-corrected chi connectivity index (χ4v) is 4.57. The Morgan fingerprint density at radius 3 is 2.48 bits per heavy atom. The van der Waals surface area contributed by atoms with Gasteiger partial charge in [0.15, 0.2) is 11.0 Å². The first-order valence-electron chi connectivity index (χ1n) is 10.2. The van der Waals surface area contributed by atoms with Gasteiger partial charge in [-0.05, 0) is 36.4 Å². The Morgan fingerprint density at radius 1 is 0.970 bits per heavy atom. The van der Waals surface area contributed by atoms with Crippen LogP contribution in [0.3, 0.4) is 0 Å². The van der Waals surface area contributed by atoms with Crippen molar-refractivity contribution in [2.45, 2.75) is 5.16 Å². The molecule has 0 fully saturated rings. The Hall–Kier alpha value is -3.62. The van der Waals surface area contributed by atoms with E-state index in [1.807, 2.05) is 65.2 Å². The lowest BCUT2D eigenvalue weighted by atomic mass is 10.2. The second kappa shape index (κ2) is 9.09. The van der Waals surface area contributed by atoms with Gasteiger partial charge in [-0.15, -0.1) is 10.2 Å². The number of hydrogen-bond donors (Lipinski definition) is 1. The molecular formula is C24H18ClN5O2S. The molecule has 9 heteroatoms. The molecule has 1 aliphatic rings. The summed E-state index contributed by atoms with van der Waals surface area (Å²) in [7, 11) is 0. The largest absolute Gasteiger partial charge is 0.323 e. The second-order valence-electron chi connectivity index (χ2n) is 7.32. The van der Waals surface area contributed by atoms with Crippen molar-refractivity contribution in [3.8, 4) is 17.1 Å². The van der Waals surface area contributed by atoms with Crippen molar-refractivity contribution in [3.63, 3.8) is 0 Å². The van der Waals surface area contributed by atoms with Crippen LogP contribution in [0, 0.1) is 0 Å². The SMILES string of the molecule is O=C1CN(C(=O)CSc2nnc(-c3ccccc3)n2-c2ccc(Cl)cc2)c2ccccc2N1. The minimum Gasteiger partial charge on any atom is -0.323 e. The predicted octanol–water partition coefficient (Wildman–Crippen LogP) is 4.67. The van der Waals surface area contributed by atoms with Gasteiger partial charge in [-0.1, -0.05) is 65.8 Å². The highest BCUT2D eigenvalue weighted by molar-refractivity contribution is 7.99. The fraction of sp³-hybridized carbons (Fsp3) is 0.0833. The molecule has 0 aliphatic carbocycles. The molecule has 164 valence electrons. The first kappa shape index (κ1) is 21.2. The molecule has 0 saturated carbocycles. The van der Waals surface area contributed by atoms with Gasteiger partial charge in [0.2, 0.25) is 11.8 Å². The summed E-state index contributed by atoms with van der Waals surface area (Å²) in [4.78, 5) is 26.7. The van der Waals surface area contributed by atoms with Gasteiger partial charge in [-0.2, -0.15) is 0 Å². The lowest BCUT2D eigenvalue weighted by molar-refractivity contribution is -0.120. The van der Waals surface area contributed by atoms with Crippen LogP contribution in [-0.2, 0) is 9.59 Å². The number of fused-ring (bicyclic) bond motifs is 1. The number of amides is 2. The van der Waals surface area contributed by atoms with Crippen molar-refractivity contribution in [1.82, 2.24) is 14.8 Å². The number of para-hydroxylation sites is 2. The summed E-state index contributed by atoms with van der Waals surface area (Å²) >= 11 is 7.36. The van der Waals surface area contributed by atoms with Gasteiger partial charge in [0, 0.05) is 16.3 Å². The van der Waals surface area contributed by atoms with Gasteiger partial charge in [-0.3, -0.25) is 14.2 Å². The Balaban J connectivity index is 1.45. The minimum atomic E-state index is -0.220. The normalized spacial score (nSPS) is 12.9. The summed E-state index contributed by atoms with van der Waals surface area (Å²) in [6, 6.07) is 24.4. The molecule has 0 spiro atoms. The van der Waals surface area contributed by atoms with E-state index in [0.29, 0.717) is 27.4 Å². The number of carbonyl (C=O) groups is 2. The molecule has 2 amide bonds. The predicted molar refractivity (Wildman–Crippen MR) is 130 cm³/mol. The standard InChI is InChI=1S/C24H18ClN5O2S/c25-17-10-12-18(13-11-17)30-23(16-6-2-1-3-7-16)27-28-24(30)33-15-22(32)29-14-21(31)26-19-8-4-5-9-20(19)29/h1-13H,14-15H2,(H,26,31). The highest BCUT2D eigenvalue weighted by atomic mass is 35.5. The number of hydrogen-bond acceptors (Lipinski definition) is 5. The van der Waals surface area contributed by atoms with Gasteiger partial charge in [0.1, 0.15) is 6.54 Å². The van der Waals surface area contributed by atoms with E-state index in [1.165, 1.54) is 16.7 Å². The van der Waals surface area contributed by atoms with Gasteiger partial charge in [0.25, 0.3) is 0 Å². The first-order chi connectivity index (χ1) is 16.1. The van der Waals surface area contributed by atoms with Crippen LogP contribution in [0.15, 0.2) is 84.0 Å². The summed E-state index contributed by atoms with van der Waals surface area (Å²) < 4.78 is 1.90. The molecule has 0 radical (unpaired) electrons. The van der Waals surface area contributed by atoms with E-state index in [0.717, 1.165) is 11.3 Å². The number of nitrogens with one attached hydrogen (secondary N) is 1. The van der Waals surface area contributed by atoms with Crippen LogP contribution in [0.1, 0.15) is 0 Å². The van der Waals surface area contributed by atoms with Crippen molar-refractivity contribution in [2.75, 3.05) is 22.5 Å². The van der Waals surface area contributed by atoms with Crippen LogP contribution >= 0.6 is 23.4 Å². The second-order valence-corrected chi connectivity index (χ2v) is 8.70. The van der Waals surface area contributed by atoms with E-state index in [2.05, 4.69) is 15.5 Å². The van der Waals surface area contributed by atoms with Gasteiger partial charge in [0.05, 0.1) is 17.1 Å². The van der Waals surface area contributed by atoms with Crippen molar-refractivity contribution in [2.24, 2.45) is 0 Å². The molecule has 33 heavy (non-hydrogen) atoms.